The van der Waals surface area contributed by atoms with E-state index in [-0.39, 0.29) is 17.8 Å². The number of carbonyl (C=O) groups is 1. The molecular weight excluding hydrogens is 375 g/mol. The summed E-state index contributed by atoms with van der Waals surface area (Å²) in [5.74, 6) is 0.783. The number of methoxy groups -OCH3 is 1. The highest BCUT2D eigenvalue weighted by Gasteiger charge is 2.39. The predicted molar refractivity (Wildman–Crippen MR) is 109 cm³/mol. The van der Waals surface area contributed by atoms with Crippen molar-refractivity contribution in [2.45, 2.75) is 38.6 Å². The Bertz CT molecular complexity index is 918. The van der Waals surface area contributed by atoms with Gasteiger partial charge in [0.05, 0.1) is 19.3 Å². The zero-order chi connectivity index (χ0) is 20.5. The Morgan fingerprint density at radius 1 is 1.31 bits per heavy atom. The van der Waals surface area contributed by atoms with E-state index >= 15 is 0 Å². The van der Waals surface area contributed by atoms with Gasteiger partial charge in [-0.05, 0) is 31.9 Å². The Labute approximate surface area is 169 Å². The van der Waals surface area contributed by atoms with Crippen molar-refractivity contribution in [3.8, 4) is 5.75 Å². The summed E-state index contributed by atoms with van der Waals surface area (Å²) in [4.78, 5) is 23.5. The van der Waals surface area contributed by atoms with Crippen LogP contribution < -0.4 is 20.0 Å². The number of nitrogens with one attached hydrogen (secondary N) is 1. The number of rotatable bonds is 5. The van der Waals surface area contributed by atoms with Crippen LogP contribution in [0.3, 0.4) is 0 Å². The van der Waals surface area contributed by atoms with Gasteiger partial charge in [-0.1, -0.05) is 12.8 Å². The predicted octanol–water partition coefficient (Wildman–Crippen LogP) is 3.92. The first-order chi connectivity index (χ1) is 14.0. The molecule has 8 nitrogen and oxygen atoms in total. The second-order valence-electron chi connectivity index (χ2n) is 7.22. The smallest absolute Gasteiger partial charge is 0.343 e. The first kappa shape index (κ1) is 19.2. The van der Waals surface area contributed by atoms with Crippen molar-refractivity contribution in [2.75, 3.05) is 35.9 Å². The topological polar surface area (TPSA) is 73.8 Å². The van der Waals surface area contributed by atoms with Gasteiger partial charge in [0.25, 0.3) is 0 Å². The fourth-order valence-corrected chi connectivity index (χ4v) is 3.99. The van der Waals surface area contributed by atoms with Gasteiger partial charge in [-0.15, -0.1) is 0 Å². The highest BCUT2D eigenvalue weighted by Crippen LogP contribution is 2.39. The first-order valence-corrected chi connectivity index (χ1v) is 9.85. The van der Waals surface area contributed by atoms with Gasteiger partial charge >= 0.3 is 6.03 Å². The van der Waals surface area contributed by atoms with E-state index in [9.17, 15) is 9.18 Å². The van der Waals surface area contributed by atoms with Crippen molar-refractivity contribution in [1.82, 2.24) is 15.0 Å². The molecule has 1 fully saturated rings. The Morgan fingerprint density at radius 3 is 2.76 bits per heavy atom. The number of hydrazine groups is 1. The number of amides is 2. The number of carbonyl (C=O) groups excluding carboxylic acids is 1. The summed E-state index contributed by atoms with van der Waals surface area (Å²) in [6.45, 7) is 2.52. The number of hydrogen-bond donors (Lipinski definition) is 1. The third-order valence-electron chi connectivity index (χ3n) is 5.47. The van der Waals surface area contributed by atoms with Crippen molar-refractivity contribution in [2.24, 2.45) is 0 Å². The van der Waals surface area contributed by atoms with Crippen LogP contribution in [0.4, 0.5) is 32.3 Å². The molecule has 0 unspecified atom stereocenters. The largest absolute Gasteiger partial charge is 0.494 e. The standard InChI is InChI=1S/C20H25FN6O2/c1-4-26-20(28)25(2)16-12-22-19(23-13-9-10-15(21)17(11-13)29-3)24-18(16)27(26)14-7-5-6-8-14/h9-12,14H,4-8H2,1-3H3,(H,22,23,24). The Hall–Kier alpha value is -3.10. The van der Waals surface area contributed by atoms with Crippen molar-refractivity contribution in [1.29, 1.82) is 0 Å². The maximum Gasteiger partial charge on any atom is 0.343 e. The van der Waals surface area contributed by atoms with Gasteiger partial charge in [0, 0.05) is 25.3 Å². The highest BCUT2D eigenvalue weighted by molar-refractivity contribution is 5.98. The minimum atomic E-state index is -0.435. The number of fused-ring (bicyclic) bond motifs is 1. The molecule has 0 atom stereocenters. The minimum Gasteiger partial charge on any atom is -0.494 e. The summed E-state index contributed by atoms with van der Waals surface area (Å²) < 4.78 is 18.7. The highest BCUT2D eigenvalue weighted by atomic mass is 19.1. The second kappa shape index (κ2) is 7.73. The molecule has 0 saturated heterocycles. The normalized spacial score (nSPS) is 17.0. The number of anilines is 4. The summed E-state index contributed by atoms with van der Waals surface area (Å²) in [6, 6.07) is 4.64. The molecule has 1 saturated carbocycles. The lowest BCUT2D eigenvalue weighted by molar-refractivity contribution is 0.191. The fraction of sp³-hybridized carbons (Fsp3) is 0.450. The monoisotopic (exact) mass is 400 g/mol. The van der Waals surface area contributed by atoms with Gasteiger partial charge in [0.15, 0.2) is 17.4 Å². The molecule has 1 aliphatic heterocycles. The summed E-state index contributed by atoms with van der Waals surface area (Å²) in [5.41, 5.74) is 1.29. The lowest BCUT2D eigenvalue weighted by atomic mass is 10.2. The van der Waals surface area contributed by atoms with Crippen LogP contribution >= 0.6 is 0 Å². The van der Waals surface area contributed by atoms with Crippen LogP contribution in [0.2, 0.25) is 0 Å². The Morgan fingerprint density at radius 2 is 2.07 bits per heavy atom. The zero-order valence-corrected chi connectivity index (χ0v) is 16.9. The minimum absolute atomic E-state index is 0.0838. The average molecular weight is 400 g/mol. The van der Waals surface area contributed by atoms with Crippen LogP contribution in [-0.2, 0) is 0 Å². The van der Waals surface area contributed by atoms with Crippen LogP contribution in [0.25, 0.3) is 0 Å². The Balaban J connectivity index is 1.71. The molecule has 154 valence electrons. The van der Waals surface area contributed by atoms with E-state index in [4.69, 9.17) is 9.72 Å². The Kier molecular flexibility index (Phi) is 5.12. The number of ether oxygens (including phenoxy) is 1. The number of nitrogens with zero attached hydrogens (tertiary/aromatic N) is 5. The van der Waals surface area contributed by atoms with Crippen molar-refractivity contribution in [3.05, 3.63) is 30.2 Å². The molecule has 1 aromatic carbocycles. The molecule has 0 spiro atoms. The second-order valence-corrected chi connectivity index (χ2v) is 7.22. The van der Waals surface area contributed by atoms with Gasteiger partial charge in [-0.25, -0.2) is 19.2 Å². The van der Waals surface area contributed by atoms with E-state index < -0.39 is 5.82 Å². The van der Waals surface area contributed by atoms with E-state index in [2.05, 4.69) is 10.3 Å². The van der Waals surface area contributed by atoms with Gasteiger partial charge in [-0.2, -0.15) is 4.98 Å². The van der Waals surface area contributed by atoms with Gasteiger partial charge in [0.1, 0.15) is 5.69 Å². The molecule has 29 heavy (non-hydrogen) atoms. The molecule has 2 amide bonds. The first-order valence-electron chi connectivity index (χ1n) is 9.85. The van der Waals surface area contributed by atoms with Crippen molar-refractivity contribution in [3.63, 3.8) is 0 Å². The molecule has 9 heteroatoms. The third kappa shape index (κ3) is 3.41. The number of aromatic nitrogens is 2. The molecule has 4 rings (SSSR count). The van der Waals surface area contributed by atoms with Crippen LogP contribution in [0.5, 0.6) is 5.75 Å². The molecule has 2 aliphatic rings. The molecule has 1 aromatic heterocycles. The van der Waals surface area contributed by atoms with Crippen LogP contribution in [0.1, 0.15) is 32.6 Å². The van der Waals surface area contributed by atoms with Gasteiger partial charge < -0.3 is 10.1 Å². The summed E-state index contributed by atoms with van der Waals surface area (Å²) in [7, 11) is 3.15. The van der Waals surface area contributed by atoms with E-state index in [1.165, 1.54) is 13.2 Å². The summed E-state index contributed by atoms with van der Waals surface area (Å²) >= 11 is 0. The number of urea groups is 1. The average Bonchev–Trinajstić information content (AvgIpc) is 3.26. The molecule has 0 radical (unpaired) electrons. The van der Waals surface area contributed by atoms with E-state index in [0.717, 1.165) is 25.7 Å². The maximum atomic E-state index is 13.7. The molecule has 1 aliphatic carbocycles. The summed E-state index contributed by atoms with van der Waals surface area (Å²) in [6.07, 6.45) is 5.98. The maximum absolute atomic E-state index is 13.7. The lowest BCUT2D eigenvalue weighted by Crippen LogP contribution is -2.59. The van der Waals surface area contributed by atoms with Gasteiger partial charge in [-0.3, -0.25) is 9.91 Å². The molecule has 2 aromatic rings. The molecule has 2 heterocycles. The fourth-order valence-electron chi connectivity index (χ4n) is 3.99. The third-order valence-corrected chi connectivity index (χ3v) is 5.47. The number of hydrogen-bond acceptors (Lipinski definition) is 6. The van der Waals surface area contributed by atoms with Crippen molar-refractivity contribution < 1.29 is 13.9 Å². The number of halogens is 1. The summed E-state index contributed by atoms with van der Waals surface area (Å²) in [5, 5.41) is 6.89. The zero-order valence-electron chi connectivity index (χ0n) is 16.9. The van der Waals surface area contributed by atoms with E-state index in [1.54, 1.807) is 35.3 Å². The van der Waals surface area contributed by atoms with Crippen LogP contribution in [-0.4, -0.2) is 47.8 Å². The van der Waals surface area contributed by atoms with Crippen LogP contribution in [0.15, 0.2) is 24.4 Å². The molecule has 0 bridgehead atoms. The molecular formula is C20H25FN6O2. The van der Waals surface area contributed by atoms with E-state index in [0.29, 0.717) is 29.7 Å². The van der Waals surface area contributed by atoms with Crippen molar-refractivity contribution >= 4 is 29.2 Å². The van der Waals surface area contributed by atoms with Crippen LogP contribution in [0, 0.1) is 5.82 Å². The van der Waals surface area contributed by atoms with E-state index in [1.807, 2.05) is 11.9 Å². The number of benzene rings is 1. The quantitative estimate of drug-likeness (QED) is 0.820. The SMILES string of the molecule is CCN1C(=O)N(C)c2cnc(Nc3ccc(F)c(OC)c3)nc2N1C1CCCC1. The lowest BCUT2D eigenvalue weighted by Gasteiger charge is -2.45. The van der Waals surface area contributed by atoms with Gasteiger partial charge in [0.2, 0.25) is 5.95 Å². The molecule has 1 N–H and O–H groups in total.